The topological polar surface area (TPSA) is 61.4 Å². The van der Waals surface area contributed by atoms with Crippen LogP contribution in [0.25, 0.3) is 0 Å². The molecule has 0 amide bonds. The van der Waals surface area contributed by atoms with Gasteiger partial charge in [-0.05, 0) is 57.9 Å². The van der Waals surface area contributed by atoms with Crippen molar-refractivity contribution in [2.75, 3.05) is 32.9 Å². The number of nitrogens with one attached hydrogen (secondary N) is 2. The molecule has 1 rings (SSSR count). The van der Waals surface area contributed by atoms with Gasteiger partial charge in [-0.15, -0.1) is 0 Å². The molecule has 5 nitrogen and oxygen atoms in total. The molecule has 1 saturated carbocycles. The minimum atomic E-state index is -3.33. The number of nitrogens with zero attached hydrogens (tertiary/aromatic N) is 1. The second-order valence-corrected chi connectivity index (χ2v) is 8.70. The van der Waals surface area contributed by atoms with Crippen molar-refractivity contribution in [2.45, 2.75) is 56.7 Å². The molecule has 0 aromatic carbocycles. The molecule has 0 radical (unpaired) electrons. The van der Waals surface area contributed by atoms with Gasteiger partial charge < -0.3 is 5.32 Å². The van der Waals surface area contributed by atoms with E-state index in [2.05, 4.69) is 23.2 Å². The molecular formula is C14H31N3O2S2. The first-order chi connectivity index (χ1) is 9.99. The van der Waals surface area contributed by atoms with Crippen LogP contribution in [0.2, 0.25) is 0 Å². The molecular weight excluding hydrogens is 306 g/mol. The molecule has 1 aliphatic carbocycles. The van der Waals surface area contributed by atoms with E-state index in [1.54, 1.807) is 7.05 Å². The van der Waals surface area contributed by atoms with Crippen LogP contribution in [0.5, 0.6) is 0 Å². The summed E-state index contributed by atoms with van der Waals surface area (Å²) in [7, 11) is -1.67. The lowest BCUT2D eigenvalue weighted by Gasteiger charge is -2.29. The van der Waals surface area contributed by atoms with Crippen LogP contribution in [0, 0.1) is 0 Å². The van der Waals surface area contributed by atoms with Gasteiger partial charge >= 0.3 is 0 Å². The van der Waals surface area contributed by atoms with Crippen LogP contribution in [0.3, 0.4) is 0 Å². The quantitative estimate of drug-likeness (QED) is 0.597. The summed E-state index contributed by atoms with van der Waals surface area (Å²) in [6, 6.07) is 0.110. The van der Waals surface area contributed by atoms with E-state index in [1.165, 1.54) is 4.31 Å². The molecule has 0 unspecified atom stereocenters. The van der Waals surface area contributed by atoms with Crippen LogP contribution in [0.15, 0.2) is 0 Å². The van der Waals surface area contributed by atoms with E-state index >= 15 is 0 Å². The van der Waals surface area contributed by atoms with Crippen LogP contribution in [0.4, 0.5) is 0 Å². The number of thioether (sulfide) groups is 1. The summed E-state index contributed by atoms with van der Waals surface area (Å²) in [5.74, 6) is 0. The molecule has 0 aromatic heterocycles. The van der Waals surface area contributed by atoms with Crippen molar-refractivity contribution in [3.05, 3.63) is 0 Å². The van der Waals surface area contributed by atoms with Crippen LogP contribution in [-0.4, -0.2) is 57.0 Å². The Hall–Kier alpha value is 0.180. The highest BCUT2D eigenvalue weighted by molar-refractivity contribution is 7.99. The lowest BCUT2D eigenvalue weighted by Crippen LogP contribution is -2.45. The maximum Gasteiger partial charge on any atom is 0.279 e. The van der Waals surface area contributed by atoms with E-state index in [0.29, 0.717) is 11.8 Å². The molecule has 0 heterocycles. The number of rotatable bonds is 10. The summed E-state index contributed by atoms with van der Waals surface area (Å²) in [6.45, 7) is 4.55. The molecule has 0 spiro atoms. The first-order valence-corrected chi connectivity index (χ1v) is 10.7. The fraction of sp³-hybridized carbons (Fsp3) is 1.00. The van der Waals surface area contributed by atoms with Gasteiger partial charge in [-0.1, -0.05) is 6.92 Å². The molecule has 0 aliphatic heterocycles. The van der Waals surface area contributed by atoms with Crippen molar-refractivity contribution in [3.63, 3.8) is 0 Å². The average molecular weight is 338 g/mol. The third kappa shape index (κ3) is 7.32. The van der Waals surface area contributed by atoms with Crippen molar-refractivity contribution >= 4 is 22.0 Å². The Morgan fingerprint density at radius 3 is 2.43 bits per heavy atom. The monoisotopic (exact) mass is 337 g/mol. The second kappa shape index (κ2) is 10.0. The van der Waals surface area contributed by atoms with Crippen molar-refractivity contribution in [1.29, 1.82) is 0 Å². The summed E-state index contributed by atoms with van der Waals surface area (Å²) in [6.07, 6.45) is 8.21. The van der Waals surface area contributed by atoms with E-state index in [4.69, 9.17) is 0 Å². The van der Waals surface area contributed by atoms with Crippen molar-refractivity contribution in [2.24, 2.45) is 0 Å². The summed E-state index contributed by atoms with van der Waals surface area (Å²) < 4.78 is 28.8. The van der Waals surface area contributed by atoms with Gasteiger partial charge in [0.25, 0.3) is 10.2 Å². The normalized spacial score (nSPS) is 23.6. The molecule has 2 N–H and O–H groups in total. The third-order valence-corrected chi connectivity index (χ3v) is 6.76. The van der Waals surface area contributed by atoms with E-state index in [9.17, 15) is 8.42 Å². The predicted octanol–water partition coefficient (Wildman–Crippen LogP) is 1.82. The first-order valence-electron chi connectivity index (χ1n) is 7.96. The van der Waals surface area contributed by atoms with Crippen LogP contribution >= 0.6 is 11.8 Å². The number of hydrogen-bond donors (Lipinski definition) is 2. The van der Waals surface area contributed by atoms with E-state index < -0.39 is 10.2 Å². The van der Waals surface area contributed by atoms with Gasteiger partial charge in [-0.3, -0.25) is 0 Å². The van der Waals surface area contributed by atoms with Gasteiger partial charge in [0.15, 0.2) is 0 Å². The highest BCUT2D eigenvalue weighted by atomic mass is 32.2. The minimum absolute atomic E-state index is 0.110. The first kappa shape index (κ1) is 19.2. The summed E-state index contributed by atoms with van der Waals surface area (Å²) in [5.41, 5.74) is 0. The predicted molar refractivity (Wildman–Crippen MR) is 92.0 cm³/mol. The molecule has 0 atom stereocenters. The Morgan fingerprint density at radius 2 is 1.86 bits per heavy atom. The highest BCUT2D eigenvalue weighted by Gasteiger charge is 2.26. The van der Waals surface area contributed by atoms with E-state index in [1.807, 2.05) is 11.8 Å². The zero-order valence-electron chi connectivity index (χ0n) is 13.6. The Kier molecular flexibility index (Phi) is 9.20. The van der Waals surface area contributed by atoms with Crippen LogP contribution < -0.4 is 10.0 Å². The molecule has 7 heteroatoms. The molecule has 1 aliphatic rings. The third-order valence-electron chi connectivity index (χ3n) is 3.99. The Bertz CT molecular complexity index is 368. The molecule has 126 valence electrons. The summed E-state index contributed by atoms with van der Waals surface area (Å²) >= 11 is 1.89. The molecule has 0 saturated heterocycles. The maximum atomic E-state index is 12.3. The van der Waals surface area contributed by atoms with Crippen molar-refractivity contribution in [3.8, 4) is 0 Å². The van der Waals surface area contributed by atoms with Crippen molar-refractivity contribution in [1.82, 2.24) is 14.3 Å². The SMILES string of the molecule is CCCNCCCN(C)S(=O)(=O)NC1CCC(SC)CC1. The van der Waals surface area contributed by atoms with Gasteiger partial charge in [-0.25, -0.2) is 0 Å². The Balaban J connectivity index is 2.28. The maximum absolute atomic E-state index is 12.3. The Morgan fingerprint density at radius 1 is 1.19 bits per heavy atom. The molecule has 1 fully saturated rings. The smallest absolute Gasteiger partial charge is 0.279 e. The summed E-state index contributed by atoms with van der Waals surface area (Å²) in [4.78, 5) is 0. The second-order valence-electron chi connectivity index (χ2n) is 5.76. The largest absolute Gasteiger partial charge is 0.317 e. The molecule has 21 heavy (non-hydrogen) atoms. The summed E-state index contributed by atoms with van der Waals surface area (Å²) in [5, 5.41) is 3.99. The lowest BCUT2D eigenvalue weighted by molar-refractivity contribution is 0.393. The molecule has 0 aromatic rings. The average Bonchev–Trinajstić information content (AvgIpc) is 2.47. The van der Waals surface area contributed by atoms with Gasteiger partial charge in [0.1, 0.15) is 0 Å². The minimum Gasteiger partial charge on any atom is -0.317 e. The van der Waals surface area contributed by atoms with Gasteiger partial charge in [0.2, 0.25) is 0 Å². The molecule has 0 bridgehead atoms. The standard InChI is InChI=1S/C14H31N3O2S2/c1-4-10-15-11-5-12-17(2)21(18,19)16-13-6-8-14(20-3)9-7-13/h13-16H,4-12H2,1-3H3. The Labute approximate surface area is 134 Å². The van der Waals surface area contributed by atoms with Gasteiger partial charge in [-0.2, -0.15) is 29.2 Å². The fourth-order valence-electron chi connectivity index (χ4n) is 2.57. The van der Waals surface area contributed by atoms with Crippen LogP contribution in [-0.2, 0) is 10.2 Å². The number of hydrogen-bond acceptors (Lipinski definition) is 4. The van der Waals surface area contributed by atoms with Crippen LogP contribution in [0.1, 0.15) is 45.4 Å². The van der Waals surface area contributed by atoms with Gasteiger partial charge in [0, 0.05) is 24.9 Å². The van der Waals surface area contributed by atoms with Crippen molar-refractivity contribution < 1.29 is 8.42 Å². The van der Waals surface area contributed by atoms with Gasteiger partial charge in [0.05, 0.1) is 0 Å². The van der Waals surface area contributed by atoms with E-state index in [-0.39, 0.29) is 6.04 Å². The zero-order valence-corrected chi connectivity index (χ0v) is 15.2. The lowest BCUT2D eigenvalue weighted by atomic mass is 9.96. The van der Waals surface area contributed by atoms with E-state index in [0.717, 1.165) is 51.6 Å². The fourth-order valence-corrected chi connectivity index (χ4v) is 4.52. The zero-order chi connectivity index (χ0) is 15.7. The highest BCUT2D eigenvalue weighted by Crippen LogP contribution is 2.27.